The number of nitrogens with zero attached hydrogens (tertiary/aromatic N) is 2. The van der Waals surface area contributed by atoms with Gasteiger partial charge in [-0.2, -0.15) is 0 Å². The third-order valence-electron chi connectivity index (χ3n) is 3.23. The average molecular weight is 290 g/mol. The van der Waals surface area contributed by atoms with Crippen molar-refractivity contribution < 1.29 is 0 Å². The highest BCUT2D eigenvalue weighted by molar-refractivity contribution is 6.30. The number of nitrogens with two attached hydrogens (primary N) is 1. The van der Waals surface area contributed by atoms with Gasteiger partial charge in [0.2, 0.25) is 0 Å². The molecule has 4 heteroatoms. The van der Waals surface area contributed by atoms with E-state index in [1.807, 2.05) is 37.5 Å². The van der Waals surface area contributed by atoms with Crippen LogP contribution in [-0.2, 0) is 13.0 Å². The molecule has 0 atom stereocenters. The Hall–Kier alpha value is -1.58. The van der Waals surface area contributed by atoms with Gasteiger partial charge in [0.05, 0.1) is 0 Å². The summed E-state index contributed by atoms with van der Waals surface area (Å²) in [6.07, 6.45) is 2.78. The topological polar surface area (TPSA) is 42.1 Å². The predicted molar refractivity (Wildman–Crippen MR) is 85.3 cm³/mol. The van der Waals surface area contributed by atoms with Crippen molar-refractivity contribution in [2.75, 3.05) is 18.5 Å². The maximum absolute atomic E-state index is 5.90. The van der Waals surface area contributed by atoms with Crippen molar-refractivity contribution in [2.24, 2.45) is 5.73 Å². The first-order chi connectivity index (χ1) is 9.60. The molecule has 0 unspecified atom stereocenters. The molecule has 0 aliphatic carbocycles. The van der Waals surface area contributed by atoms with Crippen molar-refractivity contribution in [3.63, 3.8) is 0 Å². The zero-order chi connectivity index (χ0) is 14.5. The first kappa shape index (κ1) is 14.8. The van der Waals surface area contributed by atoms with Crippen LogP contribution in [0.4, 0.5) is 5.82 Å². The molecule has 2 rings (SSSR count). The van der Waals surface area contributed by atoms with E-state index >= 15 is 0 Å². The lowest BCUT2D eigenvalue weighted by atomic mass is 10.1. The summed E-state index contributed by atoms with van der Waals surface area (Å²) < 4.78 is 0. The summed E-state index contributed by atoms with van der Waals surface area (Å²) in [5, 5.41) is 0.761. The van der Waals surface area contributed by atoms with Gasteiger partial charge in [-0.1, -0.05) is 29.8 Å². The predicted octanol–water partition coefficient (Wildman–Crippen LogP) is 3.18. The van der Waals surface area contributed by atoms with E-state index in [1.54, 1.807) is 0 Å². The number of hydrogen-bond donors (Lipinski definition) is 1. The van der Waals surface area contributed by atoms with Crippen LogP contribution in [0.5, 0.6) is 0 Å². The molecule has 2 N–H and O–H groups in total. The first-order valence-electron chi connectivity index (χ1n) is 6.71. The summed E-state index contributed by atoms with van der Waals surface area (Å²) in [6, 6.07) is 10.1. The lowest BCUT2D eigenvalue weighted by Gasteiger charge is -2.20. The fourth-order valence-electron chi connectivity index (χ4n) is 2.27. The number of anilines is 1. The zero-order valence-electron chi connectivity index (χ0n) is 11.9. The lowest BCUT2D eigenvalue weighted by Crippen LogP contribution is -2.19. The van der Waals surface area contributed by atoms with E-state index in [1.165, 1.54) is 16.7 Å². The highest BCUT2D eigenvalue weighted by atomic mass is 35.5. The van der Waals surface area contributed by atoms with Crippen LogP contribution in [0.3, 0.4) is 0 Å². The Morgan fingerprint density at radius 2 is 1.90 bits per heavy atom. The van der Waals surface area contributed by atoms with E-state index in [-0.39, 0.29) is 0 Å². The average Bonchev–Trinajstić information content (AvgIpc) is 2.42. The van der Waals surface area contributed by atoms with Gasteiger partial charge < -0.3 is 10.6 Å². The van der Waals surface area contributed by atoms with Crippen LogP contribution < -0.4 is 10.6 Å². The standard InChI is InChI=1S/C16H20ClN3/c1-12-9-14(7-8-18)10-19-16(12)20(2)11-13-3-5-15(17)6-4-13/h3-6,9-10H,7-8,11,18H2,1-2H3. The largest absolute Gasteiger partial charge is 0.355 e. The Bertz CT molecular complexity index is 566. The first-order valence-corrected chi connectivity index (χ1v) is 7.09. The number of pyridine rings is 1. The van der Waals surface area contributed by atoms with E-state index in [0.29, 0.717) is 6.54 Å². The van der Waals surface area contributed by atoms with E-state index in [4.69, 9.17) is 17.3 Å². The summed E-state index contributed by atoms with van der Waals surface area (Å²) in [5.41, 5.74) is 9.15. The second kappa shape index (κ2) is 6.73. The SMILES string of the molecule is Cc1cc(CCN)cnc1N(C)Cc1ccc(Cl)cc1. The van der Waals surface area contributed by atoms with Crippen molar-refractivity contribution >= 4 is 17.4 Å². The number of hydrogen-bond acceptors (Lipinski definition) is 3. The van der Waals surface area contributed by atoms with Crippen LogP contribution >= 0.6 is 11.6 Å². The highest BCUT2D eigenvalue weighted by Crippen LogP contribution is 2.19. The molecular weight excluding hydrogens is 270 g/mol. The molecular formula is C16H20ClN3. The number of rotatable bonds is 5. The Kier molecular flexibility index (Phi) is 4.99. The van der Waals surface area contributed by atoms with Crippen LogP contribution in [0.15, 0.2) is 36.5 Å². The monoisotopic (exact) mass is 289 g/mol. The molecule has 20 heavy (non-hydrogen) atoms. The van der Waals surface area contributed by atoms with Crippen LogP contribution in [0.25, 0.3) is 0 Å². The van der Waals surface area contributed by atoms with Crippen molar-refractivity contribution in [2.45, 2.75) is 19.9 Å². The minimum absolute atomic E-state index is 0.654. The molecule has 106 valence electrons. The maximum Gasteiger partial charge on any atom is 0.131 e. The molecule has 0 amide bonds. The van der Waals surface area contributed by atoms with E-state index in [9.17, 15) is 0 Å². The molecule has 1 aromatic heterocycles. The van der Waals surface area contributed by atoms with Gasteiger partial charge in [-0.15, -0.1) is 0 Å². The molecule has 0 bridgehead atoms. The molecule has 3 nitrogen and oxygen atoms in total. The molecule has 0 spiro atoms. The summed E-state index contributed by atoms with van der Waals surface area (Å²) in [7, 11) is 2.05. The second-order valence-corrected chi connectivity index (χ2v) is 5.44. The molecule has 0 radical (unpaired) electrons. The summed E-state index contributed by atoms with van der Waals surface area (Å²) >= 11 is 5.90. The molecule has 0 saturated carbocycles. The summed E-state index contributed by atoms with van der Waals surface area (Å²) in [5.74, 6) is 1.00. The molecule has 0 fully saturated rings. The van der Waals surface area contributed by atoms with Crippen LogP contribution in [0.2, 0.25) is 5.02 Å². The minimum atomic E-state index is 0.654. The molecule has 1 aromatic carbocycles. The quantitative estimate of drug-likeness (QED) is 0.919. The third kappa shape index (κ3) is 3.71. The molecule has 0 saturated heterocycles. The number of halogens is 1. The van der Waals surface area contributed by atoms with Gasteiger partial charge in [-0.05, 0) is 48.7 Å². The Balaban J connectivity index is 2.12. The second-order valence-electron chi connectivity index (χ2n) is 5.01. The van der Waals surface area contributed by atoms with Gasteiger partial charge in [0.1, 0.15) is 5.82 Å². The minimum Gasteiger partial charge on any atom is -0.355 e. The van der Waals surface area contributed by atoms with Crippen LogP contribution in [0, 0.1) is 6.92 Å². The van der Waals surface area contributed by atoms with Gasteiger partial charge in [0.15, 0.2) is 0 Å². The number of aromatic nitrogens is 1. The Labute approximate surface area is 125 Å². The smallest absolute Gasteiger partial charge is 0.131 e. The maximum atomic E-state index is 5.90. The van der Waals surface area contributed by atoms with Gasteiger partial charge >= 0.3 is 0 Å². The fourth-order valence-corrected chi connectivity index (χ4v) is 2.39. The Morgan fingerprint density at radius 3 is 2.50 bits per heavy atom. The van der Waals surface area contributed by atoms with E-state index in [0.717, 1.165) is 23.8 Å². The van der Waals surface area contributed by atoms with E-state index < -0.39 is 0 Å². The third-order valence-corrected chi connectivity index (χ3v) is 3.49. The summed E-state index contributed by atoms with van der Waals surface area (Å²) in [4.78, 5) is 6.70. The van der Waals surface area contributed by atoms with Gasteiger partial charge in [0.25, 0.3) is 0 Å². The van der Waals surface area contributed by atoms with Crippen LogP contribution in [0.1, 0.15) is 16.7 Å². The van der Waals surface area contributed by atoms with E-state index in [2.05, 4.69) is 22.9 Å². The van der Waals surface area contributed by atoms with Crippen molar-refractivity contribution in [3.05, 3.63) is 58.2 Å². The van der Waals surface area contributed by atoms with Crippen molar-refractivity contribution in [3.8, 4) is 0 Å². The fraction of sp³-hybridized carbons (Fsp3) is 0.312. The lowest BCUT2D eigenvalue weighted by molar-refractivity contribution is 0.881. The molecule has 0 aliphatic heterocycles. The van der Waals surface area contributed by atoms with Gasteiger partial charge in [0, 0.05) is 24.8 Å². The number of benzene rings is 1. The highest BCUT2D eigenvalue weighted by Gasteiger charge is 2.08. The van der Waals surface area contributed by atoms with Crippen LogP contribution in [-0.4, -0.2) is 18.6 Å². The Morgan fingerprint density at radius 1 is 1.20 bits per heavy atom. The molecule has 0 aliphatic rings. The van der Waals surface area contributed by atoms with Crippen molar-refractivity contribution in [1.29, 1.82) is 0 Å². The van der Waals surface area contributed by atoms with Gasteiger partial charge in [-0.25, -0.2) is 4.98 Å². The summed E-state index contributed by atoms with van der Waals surface area (Å²) in [6.45, 7) is 3.54. The normalized spacial score (nSPS) is 10.6. The molecule has 1 heterocycles. The molecule has 2 aromatic rings. The number of aryl methyl sites for hydroxylation is 1. The van der Waals surface area contributed by atoms with Crippen molar-refractivity contribution in [1.82, 2.24) is 4.98 Å². The van der Waals surface area contributed by atoms with Gasteiger partial charge in [-0.3, -0.25) is 0 Å². The zero-order valence-corrected chi connectivity index (χ0v) is 12.7.